The smallest absolute Gasteiger partial charge is 0.192 e. The molecular formula is C19H22N+. The molecule has 1 aromatic carbocycles. The maximum atomic E-state index is 2.57. The summed E-state index contributed by atoms with van der Waals surface area (Å²) in [7, 11) is 0. The average Bonchev–Trinajstić information content (AvgIpc) is 3.09. The van der Waals surface area contributed by atoms with Gasteiger partial charge < -0.3 is 0 Å². The zero-order chi connectivity index (χ0) is 14.0. The van der Waals surface area contributed by atoms with Crippen LogP contribution < -0.4 is 4.57 Å². The summed E-state index contributed by atoms with van der Waals surface area (Å²) < 4.78 is 2.57. The van der Waals surface area contributed by atoms with Crippen LogP contribution in [0.2, 0.25) is 0 Å². The Morgan fingerprint density at radius 3 is 2.50 bits per heavy atom. The van der Waals surface area contributed by atoms with E-state index in [1.165, 1.54) is 24.1 Å². The van der Waals surface area contributed by atoms with E-state index in [9.17, 15) is 0 Å². The van der Waals surface area contributed by atoms with E-state index in [0.29, 0.717) is 11.3 Å². The van der Waals surface area contributed by atoms with Gasteiger partial charge >= 0.3 is 0 Å². The Morgan fingerprint density at radius 2 is 1.75 bits per heavy atom. The van der Waals surface area contributed by atoms with E-state index in [1.54, 1.807) is 5.56 Å². The summed E-state index contributed by atoms with van der Waals surface area (Å²) >= 11 is 0. The molecule has 0 amide bonds. The van der Waals surface area contributed by atoms with Crippen molar-refractivity contribution in [3.05, 3.63) is 54.2 Å². The highest BCUT2D eigenvalue weighted by molar-refractivity contribution is 5.68. The van der Waals surface area contributed by atoms with Crippen LogP contribution in [0.1, 0.15) is 39.2 Å². The zero-order valence-corrected chi connectivity index (χ0v) is 12.6. The molecule has 20 heavy (non-hydrogen) atoms. The van der Waals surface area contributed by atoms with Gasteiger partial charge in [-0.05, 0) is 24.1 Å². The second-order valence-corrected chi connectivity index (χ2v) is 6.33. The molecule has 0 radical (unpaired) electrons. The van der Waals surface area contributed by atoms with E-state index in [0.717, 1.165) is 0 Å². The molecule has 2 heterocycles. The van der Waals surface area contributed by atoms with Crippen molar-refractivity contribution in [1.82, 2.24) is 0 Å². The Balaban J connectivity index is 2.13. The number of benzene rings is 1. The number of aromatic nitrogens is 1. The van der Waals surface area contributed by atoms with Gasteiger partial charge in [0.15, 0.2) is 11.7 Å². The quantitative estimate of drug-likeness (QED) is 0.720. The van der Waals surface area contributed by atoms with Crippen LogP contribution in [0.4, 0.5) is 0 Å². The monoisotopic (exact) mass is 264 g/mol. The second kappa shape index (κ2) is 3.72. The molecule has 102 valence electrons. The Kier molecular flexibility index (Phi) is 2.26. The van der Waals surface area contributed by atoms with Crippen molar-refractivity contribution in [1.29, 1.82) is 0 Å². The van der Waals surface area contributed by atoms with Crippen molar-refractivity contribution < 1.29 is 4.57 Å². The van der Waals surface area contributed by atoms with Crippen LogP contribution in [-0.4, -0.2) is 0 Å². The molecule has 3 atom stereocenters. The zero-order valence-electron chi connectivity index (χ0n) is 12.6. The van der Waals surface area contributed by atoms with Gasteiger partial charge in [0.05, 0.1) is 11.0 Å². The predicted molar refractivity (Wildman–Crippen MR) is 81.5 cm³/mol. The number of hydrogen-bond donors (Lipinski definition) is 0. The van der Waals surface area contributed by atoms with Gasteiger partial charge in [-0.2, -0.15) is 4.57 Å². The normalized spacial score (nSPS) is 33.0. The number of rotatable bonds is 2. The van der Waals surface area contributed by atoms with Gasteiger partial charge in [0.2, 0.25) is 5.69 Å². The molecule has 1 saturated carbocycles. The maximum absolute atomic E-state index is 2.57. The van der Waals surface area contributed by atoms with Gasteiger partial charge in [-0.1, -0.05) is 39.0 Å². The molecular weight excluding hydrogens is 242 g/mol. The Hall–Kier alpha value is -1.63. The van der Waals surface area contributed by atoms with E-state index in [1.807, 2.05) is 0 Å². The van der Waals surface area contributed by atoms with Gasteiger partial charge in [0.25, 0.3) is 0 Å². The van der Waals surface area contributed by atoms with Gasteiger partial charge in [-0.3, -0.25) is 0 Å². The molecule has 1 nitrogen and oxygen atoms in total. The SMILES string of the molecule is CCC12c3ccccc3-c3cccc[n+]3C1(CC)C2C. The van der Waals surface area contributed by atoms with Crippen molar-refractivity contribution in [3.63, 3.8) is 0 Å². The highest BCUT2D eigenvalue weighted by atomic mass is 15.2. The first kappa shape index (κ1) is 12.1. The highest BCUT2D eigenvalue weighted by Crippen LogP contribution is 2.71. The lowest BCUT2D eigenvalue weighted by molar-refractivity contribution is -0.738. The van der Waals surface area contributed by atoms with Gasteiger partial charge in [-0.25, -0.2) is 0 Å². The molecule has 0 saturated heterocycles. The van der Waals surface area contributed by atoms with Crippen LogP contribution in [-0.2, 0) is 11.0 Å². The van der Waals surface area contributed by atoms with Crippen molar-refractivity contribution in [2.75, 3.05) is 0 Å². The van der Waals surface area contributed by atoms with Crippen LogP contribution in [0.25, 0.3) is 11.3 Å². The fourth-order valence-corrected chi connectivity index (χ4v) is 5.39. The second-order valence-electron chi connectivity index (χ2n) is 6.33. The van der Waals surface area contributed by atoms with E-state index in [2.05, 4.69) is 74.0 Å². The first-order chi connectivity index (χ1) is 9.74. The molecule has 0 N–H and O–H groups in total. The molecule has 2 aromatic rings. The summed E-state index contributed by atoms with van der Waals surface area (Å²) in [6, 6.07) is 15.7. The topological polar surface area (TPSA) is 3.88 Å². The Bertz CT molecular complexity index is 630. The van der Waals surface area contributed by atoms with Crippen molar-refractivity contribution in [2.24, 2.45) is 5.92 Å². The first-order valence-corrected chi connectivity index (χ1v) is 7.85. The summed E-state index contributed by atoms with van der Waals surface area (Å²) in [6.45, 7) is 7.16. The number of fused-ring (bicyclic) bond motifs is 6. The Labute approximate surface area is 121 Å². The first-order valence-electron chi connectivity index (χ1n) is 7.85. The van der Waals surface area contributed by atoms with Crippen molar-refractivity contribution >= 4 is 0 Å². The lowest BCUT2D eigenvalue weighted by Crippen LogP contribution is -2.54. The Morgan fingerprint density at radius 1 is 1.00 bits per heavy atom. The van der Waals surface area contributed by atoms with Gasteiger partial charge in [-0.15, -0.1) is 0 Å². The van der Waals surface area contributed by atoms with Crippen LogP contribution in [0.5, 0.6) is 0 Å². The molecule has 0 bridgehead atoms. The summed E-state index contributed by atoms with van der Waals surface area (Å²) in [5, 5.41) is 0. The standard InChI is InChI=1S/C19H22N/c1-4-18-14(3)19(18,5-2)20-13-9-8-12-17(20)15-10-6-7-11-16(15)18/h6-14H,4-5H2,1-3H3/q+1. The lowest BCUT2D eigenvalue weighted by atomic mass is 9.79. The fourth-order valence-electron chi connectivity index (χ4n) is 5.39. The third-order valence-electron chi connectivity index (χ3n) is 6.21. The van der Waals surface area contributed by atoms with E-state index < -0.39 is 0 Å². The third-order valence-corrected chi connectivity index (χ3v) is 6.21. The number of nitrogens with zero attached hydrogens (tertiary/aromatic N) is 1. The molecule has 4 rings (SSSR count). The van der Waals surface area contributed by atoms with Crippen LogP contribution in [0, 0.1) is 5.92 Å². The van der Waals surface area contributed by atoms with E-state index >= 15 is 0 Å². The summed E-state index contributed by atoms with van der Waals surface area (Å²) in [5.74, 6) is 0.708. The van der Waals surface area contributed by atoms with Crippen LogP contribution in [0.3, 0.4) is 0 Å². The number of hydrogen-bond acceptors (Lipinski definition) is 0. The molecule has 1 aliphatic carbocycles. The molecule has 1 aliphatic heterocycles. The molecule has 1 heteroatoms. The van der Waals surface area contributed by atoms with E-state index in [4.69, 9.17) is 0 Å². The van der Waals surface area contributed by atoms with Gasteiger partial charge in [0, 0.05) is 24.5 Å². The number of pyridine rings is 1. The van der Waals surface area contributed by atoms with Gasteiger partial charge in [0.1, 0.15) is 0 Å². The third kappa shape index (κ3) is 1.03. The minimum Gasteiger partial charge on any atom is -0.192 e. The summed E-state index contributed by atoms with van der Waals surface area (Å²) in [6.07, 6.45) is 4.72. The van der Waals surface area contributed by atoms with Crippen molar-refractivity contribution in [2.45, 2.75) is 44.6 Å². The highest BCUT2D eigenvalue weighted by Gasteiger charge is 2.82. The molecule has 0 spiro atoms. The minimum atomic E-state index is 0.284. The average molecular weight is 264 g/mol. The largest absolute Gasteiger partial charge is 0.213 e. The summed E-state index contributed by atoms with van der Waals surface area (Å²) in [5.41, 5.74) is 5.01. The lowest BCUT2D eigenvalue weighted by Gasteiger charge is -2.28. The molecule has 3 unspecified atom stereocenters. The van der Waals surface area contributed by atoms with Crippen LogP contribution in [0.15, 0.2) is 48.7 Å². The summed E-state index contributed by atoms with van der Waals surface area (Å²) in [4.78, 5) is 0. The van der Waals surface area contributed by atoms with E-state index in [-0.39, 0.29) is 5.54 Å². The minimum absolute atomic E-state index is 0.284. The molecule has 2 aliphatic rings. The van der Waals surface area contributed by atoms with Crippen molar-refractivity contribution in [3.8, 4) is 11.3 Å². The fraction of sp³-hybridized carbons (Fsp3) is 0.421. The predicted octanol–water partition coefficient (Wildman–Crippen LogP) is 4.06. The molecule has 1 aromatic heterocycles. The van der Waals surface area contributed by atoms with Crippen LogP contribution >= 0.6 is 0 Å². The molecule has 1 fully saturated rings. The maximum Gasteiger partial charge on any atom is 0.213 e.